The molecule has 0 unspecified atom stereocenters. The number of hydrazine groups is 1. The second kappa shape index (κ2) is 4.24. The van der Waals surface area contributed by atoms with Gasteiger partial charge < -0.3 is 0 Å². The zero-order valence-electron chi connectivity index (χ0n) is 7.99. The van der Waals surface area contributed by atoms with Gasteiger partial charge in [-0.2, -0.15) is 0 Å². The number of benzene rings is 1. The van der Waals surface area contributed by atoms with Crippen LogP contribution in [0.4, 0.5) is 0 Å². The van der Waals surface area contributed by atoms with E-state index in [1.54, 1.807) is 5.01 Å². The zero-order valence-corrected chi connectivity index (χ0v) is 7.99. The van der Waals surface area contributed by atoms with Gasteiger partial charge in [-0.15, -0.1) is 0 Å². The number of nitrogens with one attached hydrogen (secondary N) is 1. The van der Waals surface area contributed by atoms with E-state index in [0.29, 0.717) is 13.0 Å². The number of nitrogens with zero attached hydrogens (tertiary/aromatic N) is 1. The van der Waals surface area contributed by atoms with E-state index >= 15 is 0 Å². The molecule has 3 heteroatoms. The first-order valence-corrected chi connectivity index (χ1v) is 4.86. The fraction of sp³-hybridized carbons (Fsp3) is 0.364. The maximum absolute atomic E-state index is 11.4. The van der Waals surface area contributed by atoms with Crippen molar-refractivity contribution in [1.82, 2.24) is 10.4 Å². The second-order valence-electron chi connectivity index (χ2n) is 3.38. The molecule has 0 spiro atoms. The van der Waals surface area contributed by atoms with E-state index in [9.17, 15) is 4.79 Å². The van der Waals surface area contributed by atoms with Crippen molar-refractivity contribution in [3.05, 3.63) is 35.9 Å². The van der Waals surface area contributed by atoms with Crippen molar-refractivity contribution >= 4 is 5.91 Å². The fourth-order valence-electron chi connectivity index (χ4n) is 1.52. The van der Waals surface area contributed by atoms with Gasteiger partial charge in [0.05, 0.1) is 6.54 Å². The maximum atomic E-state index is 11.4. The summed E-state index contributed by atoms with van der Waals surface area (Å²) in [4.78, 5) is 11.4. The molecule has 2 rings (SSSR count). The monoisotopic (exact) mass is 189 g/mol. The van der Waals surface area contributed by atoms with Crippen molar-refractivity contribution in [1.29, 1.82) is 0 Å². The molecule has 14 heavy (non-hydrogen) atoms. The molecule has 0 atom stereocenters. The molecule has 1 radical (unpaired) electrons. The summed E-state index contributed by atoms with van der Waals surface area (Å²) in [6, 6.07) is 10.8. The molecule has 1 aliphatic rings. The third-order valence-electron chi connectivity index (χ3n) is 2.27. The van der Waals surface area contributed by atoms with Crippen LogP contribution in [0.25, 0.3) is 0 Å². The summed E-state index contributed by atoms with van der Waals surface area (Å²) in [6.45, 7) is 1.50. The van der Waals surface area contributed by atoms with E-state index in [0.717, 1.165) is 18.5 Å². The molecule has 1 amide bonds. The van der Waals surface area contributed by atoms with Crippen molar-refractivity contribution in [2.24, 2.45) is 0 Å². The summed E-state index contributed by atoms with van der Waals surface area (Å²) in [6.07, 6.45) is 1.59. The molecule has 1 fully saturated rings. The zero-order chi connectivity index (χ0) is 9.80. The lowest BCUT2D eigenvalue weighted by molar-refractivity contribution is -0.137. The van der Waals surface area contributed by atoms with Gasteiger partial charge in [-0.05, 0) is 18.1 Å². The highest BCUT2D eigenvalue weighted by atomic mass is 16.2. The summed E-state index contributed by atoms with van der Waals surface area (Å²) in [5.74, 6) is 0.175. The van der Waals surface area contributed by atoms with Gasteiger partial charge in [0.15, 0.2) is 0 Å². The van der Waals surface area contributed by atoms with Crippen LogP contribution in [0.1, 0.15) is 18.4 Å². The van der Waals surface area contributed by atoms with Crippen LogP contribution in [0.3, 0.4) is 0 Å². The Morgan fingerprint density at radius 3 is 3.14 bits per heavy atom. The van der Waals surface area contributed by atoms with Crippen LogP contribution in [0.5, 0.6) is 0 Å². The van der Waals surface area contributed by atoms with Gasteiger partial charge in [0, 0.05) is 13.0 Å². The molecule has 0 bridgehead atoms. The van der Waals surface area contributed by atoms with E-state index in [1.165, 1.54) is 0 Å². The van der Waals surface area contributed by atoms with Gasteiger partial charge in [-0.25, -0.2) is 5.43 Å². The fourth-order valence-corrected chi connectivity index (χ4v) is 1.52. The summed E-state index contributed by atoms with van der Waals surface area (Å²) in [5.41, 5.74) is 4.12. The SMILES string of the molecule is O=C1CCCNN1Cc1[c]cccc1. The number of hydrogen-bond donors (Lipinski definition) is 1. The predicted octanol–water partition coefficient (Wildman–Crippen LogP) is 1.11. The van der Waals surface area contributed by atoms with E-state index in [4.69, 9.17) is 0 Å². The highest BCUT2D eigenvalue weighted by Gasteiger charge is 2.17. The maximum Gasteiger partial charge on any atom is 0.237 e. The van der Waals surface area contributed by atoms with Gasteiger partial charge in [-0.1, -0.05) is 24.3 Å². The minimum atomic E-state index is 0.175. The Morgan fingerprint density at radius 1 is 1.50 bits per heavy atom. The molecule has 0 aliphatic carbocycles. The molecule has 1 aromatic rings. The molecule has 1 N–H and O–H groups in total. The molecular formula is C11H13N2O. The molecule has 1 aromatic carbocycles. The summed E-state index contributed by atoms with van der Waals surface area (Å²) < 4.78 is 0. The van der Waals surface area contributed by atoms with Crippen LogP contribution in [0.2, 0.25) is 0 Å². The Bertz CT molecular complexity index is 310. The molecule has 0 aromatic heterocycles. The number of rotatable bonds is 2. The topological polar surface area (TPSA) is 32.3 Å². The standard InChI is InChI=1S/C11H13N2O/c14-11-7-4-8-12-13(11)9-10-5-2-1-3-6-10/h1-3,5,12H,4,7-9H2. The van der Waals surface area contributed by atoms with Gasteiger partial charge in [0.1, 0.15) is 0 Å². The number of carbonyl (C=O) groups excluding carboxylic acids is 1. The van der Waals surface area contributed by atoms with Gasteiger partial charge in [0.25, 0.3) is 0 Å². The smallest absolute Gasteiger partial charge is 0.237 e. The molecule has 3 nitrogen and oxygen atoms in total. The summed E-state index contributed by atoms with van der Waals surface area (Å²) in [5, 5.41) is 1.68. The van der Waals surface area contributed by atoms with Crippen molar-refractivity contribution in [3.63, 3.8) is 0 Å². The van der Waals surface area contributed by atoms with Crippen molar-refractivity contribution in [2.45, 2.75) is 19.4 Å². The van der Waals surface area contributed by atoms with Gasteiger partial charge >= 0.3 is 0 Å². The Balaban J connectivity index is 2.00. The van der Waals surface area contributed by atoms with Crippen LogP contribution in [0, 0.1) is 6.07 Å². The third-order valence-corrected chi connectivity index (χ3v) is 2.27. The number of hydrogen-bond acceptors (Lipinski definition) is 2. The largest absolute Gasteiger partial charge is 0.274 e. The second-order valence-corrected chi connectivity index (χ2v) is 3.38. The molecule has 1 aliphatic heterocycles. The lowest BCUT2D eigenvalue weighted by atomic mass is 10.2. The highest BCUT2D eigenvalue weighted by Crippen LogP contribution is 2.07. The first kappa shape index (κ1) is 9.21. The number of carbonyl (C=O) groups is 1. The summed E-state index contributed by atoms with van der Waals surface area (Å²) >= 11 is 0. The molecular weight excluding hydrogens is 176 g/mol. The highest BCUT2D eigenvalue weighted by molar-refractivity contribution is 5.76. The van der Waals surface area contributed by atoms with Crippen LogP contribution in [-0.4, -0.2) is 17.5 Å². The minimum Gasteiger partial charge on any atom is -0.274 e. The van der Waals surface area contributed by atoms with Crippen molar-refractivity contribution < 1.29 is 4.79 Å². The van der Waals surface area contributed by atoms with Crippen molar-refractivity contribution in [3.8, 4) is 0 Å². The average Bonchev–Trinajstić information content (AvgIpc) is 2.23. The van der Waals surface area contributed by atoms with Crippen molar-refractivity contribution in [2.75, 3.05) is 6.54 Å². The van der Waals surface area contributed by atoms with Gasteiger partial charge in [0.2, 0.25) is 5.91 Å². The number of amides is 1. The molecule has 0 saturated carbocycles. The summed E-state index contributed by atoms with van der Waals surface area (Å²) in [7, 11) is 0. The lowest BCUT2D eigenvalue weighted by Crippen LogP contribution is -2.46. The molecule has 1 heterocycles. The van der Waals surface area contributed by atoms with Crippen LogP contribution < -0.4 is 5.43 Å². The Morgan fingerprint density at radius 2 is 2.43 bits per heavy atom. The molecule has 1 saturated heterocycles. The molecule has 73 valence electrons. The van der Waals surface area contributed by atoms with E-state index < -0.39 is 0 Å². The van der Waals surface area contributed by atoms with Crippen LogP contribution in [-0.2, 0) is 11.3 Å². The lowest BCUT2D eigenvalue weighted by Gasteiger charge is -2.27. The van der Waals surface area contributed by atoms with Crippen LogP contribution in [0.15, 0.2) is 24.3 Å². The van der Waals surface area contributed by atoms with E-state index in [1.807, 2.05) is 24.3 Å². The minimum absolute atomic E-state index is 0.175. The average molecular weight is 189 g/mol. The predicted molar refractivity (Wildman–Crippen MR) is 53.1 cm³/mol. The van der Waals surface area contributed by atoms with Crippen LogP contribution >= 0.6 is 0 Å². The van der Waals surface area contributed by atoms with E-state index in [-0.39, 0.29) is 5.91 Å². The first-order chi connectivity index (χ1) is 6.86. The quantitative estimate of drug-likeness (QED) is 0.756. The normalized spacial score (nSPS) is 17.1. The Hall–Kier alpha value is -1.35. The Labute approximate surface area is 83.7 Å². The first-order valence-electron chi connectivity index (χ1n) is 4.86. The Kier molecular flexibility index (Phi) is 2.79. The van der Waals surface area contributed by atoms with E-state index in [2.05, 4.69) is 11.5 Å². The van der Waals surface area contributed by atoms with Gasteiger partial charge in [-0.3, -0.25) is 9.80 Å². The third kappa shape index (κ3) is 2.12.